The maximum absolute atomic E-state index is 12.6. The average molecular weight is 559 g/mol. The summed E-state index contributed by atoms with van der Waals surface area (Å²) in [5.41, 5.74) is 3.06. The Labute approximate surface area is 238 Å². The Hall–Kier alpha value is -4.02. The van der Waals surface area contributed by atoms with E-state index in [9.17, 15) is 4.79 Å². The van der Waals surface area contributed by atoms with Crippen LogP contribution in [0, 0.1) is 0 Å². The van der Waals surface area contributed by atoms with Gasteiger partial charge in [0.2, 0.25) is 5.91 Å². The van der Waals surface area contributed by atoms with Gasteiger partial charge in [-0.15, -0.1) is 0 Å². The standard InChI is InChI=1S/C30H34N6O3S/c1-38-23-17-22(18-24(20-23)39-2)32-29-30(34-27-12-5-4-11-26(27)33-29)35-40-25-10-8-9-21(19-25)31-28(37)13-16-36-14-6-3-7-15-36/h4-5,8-12,17-20H,3,6-7,13-16H2,1-2H3,(H,31,37)(H,32,33)(H,34,35). The predicted molar refractivity (Wildman–Crippen MR) is 162 cm³/mol. The molecule has 3 aromatic carbocycles. The van der Waals surface area contributed by atoms with Crippen molar-refractivity contribution in [2.45, 2.75) is 30.6 Å². The molecule has 208 valence electrons. The van der Waals surface area contributed by atoms with Crippen LogP contribution < -0.4 is 24.8 Å². The molecule has 1 fully saturated rings. The maximum atomic E-state index is 12.6. The molecule has 9 nitrogen and oxygen atoms in total. The molecule has 1 aliphatic heterocycles. The summed E-state index contributed by atoms with van der Waals surface area (Å²) < 4.78 is 14.2. The summed E-state index contributed by atoms with van der Waals surface area (Å²) in [6, 6.07) is 21.0. The van der Waals surface area contributed by atoms with Crippen molar-refractivity contribution >= 4 is 51.9 Å². The van der Waals surface area contributed by atoms with Crippen molar-refractivity contribution in [3.8, 4) is 11.5 Å². The number of anilines is 4. The van der Waals surface area contributed by atoms with Gasteiger partial charge in [-0.3, -0.25) is 4.79 Å². The summed E-state index contributed by atoms with van der Waals surface area (Å²) in [7, 11) is 3.23. The van der Waals surface area contributed by atoms with E-state index in [1.54, 1.807) is 14.2 Å². The highest BCUT2D eigenvalue weighted by atomic mass is 32.2. The third kappa shape index (κ3) is 7.34. The Morgan fingerprint density at radius 2 is 1.55 bits per heavy atom. The minimum absolute atomic E-state index is 0.0290. The summed E-state index contributed by atoms with van der Waals surface area (Å²) in [5, 5.41) is 6.40. The zero-order chi connectivity index (χ0) is 27.7. The largest absolute Gasteiger partial charge is 0.497 e. The summed E-state index contributed by atoms with van der Waals surface area (Å²) in [4.78, 5) is 25.5. The van der Waals surface area contributed by atoms with Crippen molar-refractivity contribution < 1.29 is 14.3 Å². The number of fused-ring (bicyclic) bond motifs is 1. The number of para-hydroxylation sites is 2. The second-order valence-corrected chi connectivity index (χ2v) is 10.4. The van der Waals surface area contributed by atoms with E-state index in [0.29, 0.717) is 29.6 Å². The number of benzene rings is 3. The number of nitrogens with zero attached hydrogens (tertiary/aromatic N) is 3. The van der Waals surface area contributed by atoms with Gasteiger partial charge in [-0.2, -0.15) is 0 Å². The fraction of sp³-hybridized carbons (Fsp3) is 0.300. The number of amides is 1. The minimum Gasteiger partial charge on any atom is -0.497 e. The molecule has 4 aromatic rings. The third-order valence-electron chi connectivity index (χ3n) is 6.67. The number of methoxy groups -OCH3 is 2. The second kappa shape index (κ2) is 13.4. The van der Waals surface area contributed by atoms with E-state index in [1.807, 2.05) is 66.7 Å². The summed E-state index contributed by atoms with van der Waals surface area (Å²) in [5.74, 6) is 2.48. The lowest BCUT2D eigenvalue weighted by molar-refractivity contribution is -0.116. The molecule has 0 atom stereocenters. The number of carbonyl (C=O) groups is 1. The zero-order valence-electron chi connectivity index (χ0n) is 22.8. The van der Waals surface area contributed by atoms with Gasteiger partial charge in [-0.05, 0) is 68.2 Å². The zero-order valence-corrected chi connectivity index (χ0v) is 23.6. The quantitative estimate of drug-likeness (QED) is 0.182. The van der Waals surface area contributed by atoms with Crippen LogP contribution in [0.15, 0.2) is 71.6 Å². The van der Waals surface area contributed by atoms with Gasteiger partial charge in [0.05, 0.1) is 25.3 Å². The smallest absolute Gasteiger partial charge is 0.225 e. The van der Waals surface area contributed by atoms with Crippen molar-refractivity contribution in [1.29, 1.82) is 0 Å². The second-order valence-electron chi connectivity index (χ2n) is 9.57. The number of rotatable bonds is 11. The Morgan fingerprint density at radius 1 is 0.850 bits per heavy atom. The number of ether oxygens (including phenoxy) is 2. The van der Waals surface area contributed by atoms with Gasteiger partial charge in [-0.1, -0.05) is 24.6 Å². The van der Waals surface area contributed by atoms with E-state index >= 15 is 0 Å². The Bertz CT molecular complexity index is 1440. The number of aromatic nitrogens is 2. The van der Waals surface area contributed by atoms with E-state index in [0.717, 1.165) is 46.9 Å². The highest BCUT2D eigenvalue weighted by Crippen LogP contribution is 2.32. The van der Waals surface area contributed by atoms with Crippen molar-refractivity contribution in [3.63, 3.8) is 0 Å². The topological polar surface area (TPSA) is 101 Å². The summed E-state index contributed by atoms with van der Waals surface area (Å²) in [6.07, 6.45) is 4.23. The van der Waals surface area contributed by atoms with E-state index in [-0.39, 0.29) is 5.91 Å². The van der Waals surface area contributed by atoms with E-state index in [2.05, 4.69) is 20.3 Å². The van der Waals surface area contributed by atoms with Gasteiger partial charge in [0, 0.05) is 47.4 Å². The molecule has 5 rings (SSSR count). The van der Waals surface area contributed by atoms with Gasteiger partial charge in [-0.25, -0.2) is 9.97 Å². The van der Waals surface area contributed by atoms with Crippen LogP contribution in [0.1, 0.15) is 25.7 Å². The van der Waals surface area contributed by atoms with Crippen LogP contribution in [0.3, 0.4) is 0 Å². The van der Waals surface area contributed by atoms with Crippen LogP contribution in [0.25, 0.3) is 11.0 Å². The number of likely N-dealkylation sites (tertiary alicyclic amines) is 1. The molecule has 3 N–H and O–H groups in total. The lowest BCUT2D eigenvalue weighted by Gasteiger charge is -2.25. The average Bonchev–Trinajstić information content (AvgIpc) is 2.99. The Kier molecular flexibility index (Phi) is 9.20. The fourth-order valence-corrected chi connectivity index (χ4v) is 5.27. The monoisotopic (exact) mass is 558 g/mol. The SMILES string of the molecule is COc1cc(Nc2nc3ccccc3nc2NSc2cccc(NC(=O)CCN3CCCCC3)c2)cc(OC)c1. The van der Waals surface area contributed by atoms with Crippen molar-refractivity contribution in [3.05, 3.63) is 66.7 Å². The molecule has 0 bridgehead atoms. The van der Waals surface area contributed by atoms with Crippen LogP contribution in [-0.4, -0.2) is 54.6 Å². The maximum Gasteiger partial charge on any atom is 0.225 e. The van der Waals surface area contributed by atoms with Gasteiger partial charge >= 0.3 is 0 Å². The third-order valence-corrected chi connectivity index (χ3v) is 7.46. The molecule has 1 saturated heterocycles. The molecule has 1 amide bonds. The van der Waals surface area contributed by atoms with Gasteiger partial charge in [0.15, 0.2) is 11.6 Å². The van der Waals surface area contributed by atoms with Crippen LogP contribution >= 0.6 is 11.9 Å². The van der Waals surface area contributed by atoms with Crippen LogP contribution in [0.4, 0.5) is 23.0 Å². The van der Waals surface area contributed by atoms with Crippen LogP contribution in [0.5, 0.6) is 11.5 Å². The number of carbonyl (C=O) groups excluding carboxylic acids is 1. The molecular weight excluding hydrogens is 524 g/mol. The minimum atomic E-state index is 0.0290. The van der Waals surface area contributed by atoms with Crippen LogP contribution in [-0.2, 0) is 4.79 Å². The molecule has 0 aliphatic carbocycles. The number of nitrogens with one attached hydrogen (secondary N) is 3. The van der Waals surface area contributed by atoms with Crippen molar-refractivity contribution in [2.24, 2.45) is 0 Å². The first-order valence-corrected chi connectivity index (χ1v) is 14.2. The fourth-order valence-electron chi connectivity index (χ4n) is 4.59. The van der Waals surface area contributed by atoms with Crippen molar-refractivity contribution in [2.75, 3.05) is 49.2 Å². The number of piperidine rings is 1. The summed E-state index contributed by atoms with van der Waals surface area (Å²) in [6.45, 7) is 2.98. The normalized spacial score (nSPS) is 13.6. The van der Waals surface area contributed by atoms with Gasteiger partial charge in [0.25, 0.3) is 0 Å². The lowest BCUT2D eigenvalue weighted by Crippen LogP contribution is -2.32. The van der Waals surface area contributed by atoms with Gasteiger partial charge in [0.1, 0.15) is 11.5 Å². The van der Waals surface area contributed by atoms with E-state index < -0.39 is 0 Å². The van der Waals surface area contributed by atoms with Crippen molar-refractivity contribution in [1.82, 2.24) is 14.9 Å². The molecule has 0 saturated carbocycles. The lowest BCUT2D eigenvalue weighted by atomic mass is 10.1. The molecule has 1 aliphatic rings. The molecule has 10 heteroatoms. The molecule has 0 spiro atoms. The van der Waals surface area contributed by atoms with Crippen LogP contribution in [0.2, 0.25) is 0 Å². The number of hydrogen-bond donors (Lipinski definition) is 3. The highest BCUT2D eigenvalue weighted by molar-refractivity contribution is 8.00. The molecule has 2 heterocycles. The molecule has 0 unspecified atom stereocenters. The summed E-state index contributed by atoms with van der Waals surface area (Å²) >= 11 is 1.40. The van der Waals surface area contributed by atoms with E-state index in [4.69, 9.17) is 19.4 Å². The first-order chi connectivity index (χ1) is 19.6. The van der Waals surface area contributed by atoms with Gasteiger partial charge < -0.3 is 29.7 Å². The highest BCUT2D eigenvalue weighted by Gasteiger charge is 2.14. The predicted octanol–water partition coefficient (Wildman–Crippen LogP) is 6.32. The number of hydrogen-bond acceptors (Lipinski definition) is 9. The van der Waals surface area contributed by atoms with E-state index in [1.165, 1.54) is 31.2 Å². The molecule has 40 heavy (non-hydrogen) atoms. The Morgan fingerprint density at radius 3 is 2.25 bits per heavy atom. The first-order valence-electron chi connectivity index (χ1n) is 13.4. The molecule has 0 radical (unpaired) electrons. The molecular formula is C30H34N6O3S. The Balaban J connectivity index is 1.29. The molecule has 1 aromatic heterocycles. The first kappa shape index (κ1) is 27.5.